The van der Waals surface area contributed by atoms with Crippen LogP contribution in [0, 0.1) is 13.8 Å². The van der Waals surface area contributed by atoms with Gasteiger partial charge in [-0.05, 0) is 40.2 Å². The highest BCUT2D eigenvalue weighted by atomic mass is 32.1. The third kappa shape index (κ3) is 3.21. The van der Waals surface area contributed by atoms with E-state index in [0.717, 1.165) is 16.0 Å². The molecule has 0 amide bonds. The number of hydrogen-bond acceptors (Lipinski definition) is 5. The highest BCUT2D eigenvalue weighted by molar-refractivity contribution is 7.18. The van der Waals surface area contributed by atoms with Crippen molar-refractivity contribution >= 4 is 27.5 Å². The highest BCUT2D eigenvalue weighted by Crippen LogP contribution is 2.26. The van der Waals surface area contributed by atoms with Crippen molar-refractivity contribution in [3.8, 4) is 0 Å². The molecule has 0 fully saturated rings. The van der Waals surface area contributed by atoms with E-state index in [2.05, 4.69) is 9.97 Å². The summed E-state index contributed by atoms with van der Waals surface area (Å²) in [6.07, 6.45) is 0.806. The van der Waals surface area contributed by atoms with Crippen molar-refractivity contribution in [1.82, 2.24) is 9.97 Å². The first-order chi connectivity index (χ1) is 9.79. The molecule has 0 spiro atoms. The van der Waals surface area contributed by atoms with Gasteiger partial charge < -0.3 is 9.72 Å². The number of carbonyl (C=O) groups is 1. The molecule has 21 heavy (non-hydrogen) atoms. The van der Waals surface area contributed by atoms with Crippen LogP contribution < -0.4 is 5.56 Å². The zero-order valence-electron chi connectivity index (χ0n) is 12.7. The van der Waals surface area contributed by atoms with E-state index < -0.39 is 12.1 Å². The van der Waals surface area contributed by atoms with Crippen molar-refractivity contribution in [2.75, 3.05) is 0 Å². The number of allylic oxidation sites excluding steroid dienone is 1. The van der Waals surface area contributed by atoms with E-state index in [1.54, 1.807) is 6.92 Å². The first-order valence-corrected chi connectivity index (χ1v) is 7.46. The summed E-state index contributed by atoms with van der Waals surface area (Å²) in [6, 6.07) is 0. The Bertz CT molecular complexity index is 782. The molecule has 2 heterocycles. The van der Waals surface area contributed by atoms with Crippen molar-refractivity contribution in [2.24, 2.45) is 0 Å². The quantitative estimate of drug-likeness (QED) is 0.698. The second kappa shape index (κ2) is 5.81. The Morgan fingerprint density at radius 3 is 2.67 bits per heavy atom. The van der Waals surface area contributed by atoms with Crippen LogP contribution in [0.15, 0.2) is 16.4 Å². The van der Waals surface area contributed by atoms with E-state index in [4.69, 9.17) is 4.74 Å². The number of fused-ring (bicyclic) bond motifs is 1. The Hall–Kier alpha value is -1.95. The Morgan fingerprint density at radius 1 is 1.38 bits per heavy atom. The van der Waals surface area contributed by atoms with Gasteiger partial charge in [-0.1, -0.05) is 5.57 Å². The average Bonchev–Trinajstić information content (AvgIpc) is 2.64. The smallest absolute Gasteiger partial charge is 0.331 e. The van der Waals surface area contributed by atoms with Crippen LogP contribution in [0.4, 0.5) is 0 Å². The predicted molar refractivity (Wildman–Crippen MR) is 83.7 cm³/mol. The highest BCUT2D eigenvalue weighted by Gasteiger charge is 2.17. The van der Waals surface area contributed by atoms with Gasteiger partial charge in [-0.15, -0.1) is 11.3 Å². The predicted octanol–water partition coefficient (Wildman–Crippen LogP) is 3.17. The molecule has 6 heteroatoms. The molecule has 0 saturated heterocycles. The molecule has 1 atom stereocenters. The summed E-state index contributed by atoms with van der Waals surface area (Å²) >= 11 is 1.47. The molecule has 0 aliphatic carbocycles. The molecular weight excluding hydrogens is 288 g/mol. The standard InChI is InChI=1S/C15H18N2O3S/c1-7(2)6-11(18)20-9(4)13-16-14(19)12-8(3)10(5)21-15(12)17-13/h6,9H,1-5H3,(H,16,17,19)/t9-/m1/s1. The first kappa shape index (κ1) is 15.4. The number of carbonyl (C=O) groups excluding carboxylic acids is 1. The van der Waals surface area contributed by atoms with Gasteiger partial charge in [0.15, 0.2) is 11.9 Å². The number of H-pyrrole nitrogens is 1. The molecule has 0 aliphatic heterocycles. The summed E-state index contributed by atoms with van der Waals surface area (Å²) in [7, 11) is 0. The fourth-order valence-electron chi connectivity index (χ4n) is 1.96. The van der Waals surface area contributed by atoms with Gasteiger partial charge in [-0.25, -0.2) is 9.78 Å². The fraction of sp³-hybridized carbons (Fsp3) is 0.400. The van der Waals surface area contributed by atoms with E-state index in [1.807, 2.05) is 27.7 Å². The minimum atomic E-state index is -0.604. The number of rotatable bonds is 3. The number of esters is 1. The topological polar surface area (TPSA) is 72.0 Å². The maximum absolute atomic E-state index is 12.2. The van der Waals surface area contributed by atoms with Gasteiger partial charge in [0.1, 0.15) is 4.83 Å². The minimum absolute atomic E-state index is 0.193. The lowest BCUT2D eigenvalue weighted by Crippen LogP contribution is -2.16. The second-order valence-corrected chi connectivity index (χ2v) is 6.42. The molecule has 2 aromatic heterocycles. The summed E-state index contributed by atoms with van der Waals surface area (Å²) in [5, 5.41) is 0.615. The molecule has 0 aliphatic rings. The van der Waals surface area contributed by atoms with Crippen LogP contribution in [0.1, 0.15) is 43.1 Å². The van der Waals surface area contributed by atoms with E-state index >= 15 is 0 Å². The third-order valence-corrected chi connectivity index (χ3v) is 4.24. The molecule has 0 radical (unpaired) electrons. The van der Waals surface area contributed by atoms with Gasteiger partial charge in [0.2, 0.25) is 0 Å². The summed E-state index contributed by atoms with van der Waals surface area (Å²) in [5.74, 6) is -0.0759. The van der Waals surface area contributed by atoms with Crippen molar-refractivity contribution in [3.05, 3.63) is 38.3 Å². The molecule has 2 rings (SSSR count). The van der Waals surface area contributed by atoms with Crippen LogP contribution in [0.5, 0.6) is 0 Å². The molecule has 0 bridgehead atoms. The van der Waals surface area contributed by atoms with E-state index in [0.29, 0.717) is 16.0 Å². The lowest BCUT2D eigenvalue weighted by Gasteiger charge is -2.11. The summed E-state index contributed by atoms with van der Waals surface area (Å²) in [4.78, 5) is 32.6. The number of hydrogen-bond donors (Lipinski definition) is 1. The zero-order valence-corrected chi connectivity index (χ0v) is 13.6. The number of ether oxygens (including phenoxy) is 1. The van der Waals surface area contributed by atoms with E-state index in [9.17, 15) is 9.59 Å². The van der Waals surface area contributed by atoms with Gasteiger partial charge in [-0.3, -0.25) is 4.79 Å². The molecule has 2 aromatic rings. The zero-order chi connectivity index (χ0) is 15.7. The molecule has 0 aromatic carbocycles. The fourth-order valence-corrected chi connectivity index (χ4v) is 3.00. The van der Waals surface area contributed by atoms with Crippen molar-refractivity contribution < 1.29 is 9.53 Å². The second-order valence-electron chi connectivity index (χ2n) is 5.22. The number of aromatic amines is 1. The van der Waals surface area contributed by atoms with Crippen LogP contribution in [0.2, 0.25) is 0 Å². The van der Waals surface area contributed by atoms with Crippen LogP contribution in [0.25, 0.3) is 10.2 Å². The Labute approximate surface area is 126 Å². The molecule has 1 N–H and O–H groups in total. The van der Waals surface area contributed by atoms with Gasteiger partial charge in [0.25, 0.3) is 5.56 Å². The number of nitrogens with one attached hydrogen (secondary N) is 1. The normalized spacial score (nSPS) is 12.2. The SMILES string of the molecule is CC(C)=CC(=O)O[C@H](C)c1nc2sc(C)c(C)c2c(=O)[nH]1. The van der Waals surface area contributed by atoms with Gasteiger partial charge in [0, 0.05) is 11.0 Å². The van der Waals surface area contributed by atoms with E-state index in [1.165, 1.54) is 17.4 Å². The molecular formula is C15H18N2O3S. The van der Waals surface area contributed by atoms with Crippen molar-refractivity contribution in [1.29, 1.82) is 0 Å². The first-order valence-electron chi connectivity index (χ1n) is 6.65. The van der Waals surface area contributed by atoms with E-state index in [-0.39, 0.29) is 5.56 Å². The molecule has 0 unspecified atom stereocenters. The van der Waals surface area contributed by atoms with Crippen molar-refractivity contribution in [3.63, 3.8) is 0 Å². The Balaban J connectivity index is 2.37. The summed E-state index contributed by atoms with van der Waals surface area (Å²) in [6.45, 7) is 9.18. The minimum Gasteiger partial charge on any atom is -0.451 e. The maximum atomic E-state index is 12.2. The van der Waals surface area contributed by atoms with Crippen LogP contribution in [0.3, 0.4) is 0 Å². The van der Waals surface area contributed by atoms with Gasteiger partial charge >= 0.3 is 5.97 Å². The number of nitrogens with zero attached hydrogens (tertiary/aromatic N) is 1. The van der Waals surface area contributed by atoms with Gasteiger partial charge in [0.05, 0.1) is 5.39 Å². The van der Waals surface area contributed by atoms with Crippen LogP contribution in [-0.4, -0.2) is 15.9 Å². The Morgan fingerprint density at radius 2 is 2.05 bits per heavy atom. The van der Waals surface area contributed by atoms with Gasteiger partial charge in [-0.2, -0.15) is 0 Å². The number of thiophene rings is 1. The number of aryl methyl sites for hydroxylation is 2. The summed E-state index contributed by atoms with van der Waals surface area (Å²) in [5.41, 5.74) is 1.61. The average molecular weight is 306 g/mol. The number of aromatic nitrogens is 2. The lowest BCUT2D eigenvalue weighted by molar-refractivity contribution is -0.142. The molecule has 5 nitrogen and oxygen atoms in total. The third-order valence-electron chi connectivity index (χ3n) is 3.14. The van der Waals surface area contributed by atoms with Crippen molar-refractivity contribution in [2.45, 2.75) is 40.7 Å². The maximum Gasteiger partial charge on any atom is 0.331 e. The summed E-state index contributed by atoms with van der Waals surface area (Å²) < 4.78 is 5.24. The van der Waals surface area contributed by atoms with Crippen LogP contribution in [-0.2, 0) is 9.53 Å². The molecule has 0 saturated carbocycles. The lowest BCUT2D eigenvalue weighted by atomic mass is 10.2. The molecule has 112 valence electrons. The van der Waals surface area contributed by atoms with Crippen LogP contribution >= 0.6 is 11.3 Å². The monoisotopic (exact) mass is 306 g/mol. The largest absolute Gasteiger partial charge is 0.451 e. The Kier molecular flexibility index (Phi) is 4.27.